The van der Waals surface area contributed by atoms with Gasteiger partial charge in [-0.2, -0.15) is 0 Å². The Morgan fingerprint density at radius 2 is 2.04 bits per heavy atom. The molecule has 8 heteroatoms. The highest BCUT2D eigenvalue weighted by Gasteiger charge is 2.19. The van der Waals surface area contributed by atoms with Gasteiger partial charge in [-0.1, -0.05) is 34.8 Å². The van der Waals surface area contributed by atoms with Crippen LogP contribution in [0.3, 0.4) is 0 Å². The summed E-state index contributed by atoms with van der Waals surface area (Å²) in [5, 5.41) is 2.94. The summed E-state index contributed by atoms with van der Waals surface area (Å²) in [4.78, 5) is 12.5. The minimum Gasteiger partial charge on any atom is -0.489 e. The van der Waals surface area contributed by atoms with Crippen LogP contribution in [0.25, 0.3) is 0 Å². The number of anilines is 1. The molecular weight excluding hydrogens is 404 g/mol. The number of carbonyl (C=O) groups excluding carboxylic acids is 1. The van der Waals surface area contributed by atoms with E-state index in [0.717, 1.165) is 25.5 Å². The zero-order chi connectivity index (χ0) is 18.7. The van der Waals surface area contributed by atoms with E-state index in [1.54, 1.807) is 18.2 Å². The van der Waals surface area contributed by atoms with E-state index < -0.39 is 11.7 Å². The van der Waals surface area contributed by atoms with Crippen LogP contribution in [0.15, 0.2) is 30.3 Å². The van der Waals surface area contributed by atoms with Crippen LogP contribution in [0, 0.1) is 5.82 Å². The van der Waals surface area contributed by atoms with Gasteiger partial charge >= 0.3 is 0 Å². The third kappa shape index (κ3) is 4.60. The second-order valence-electron chi connectivity index (χ2n) is 5.79. The molecule has 1 N–H and O–H groups in total. The molecule has 2 aromatic rings. The fraction of sp³-hybridized carbons (Fsp3) is 0.278. The molecule has 1 atom stereocenters. The molecule has 0 aliphatic carbocycles. The Balaban J connectivity index is 1.78. The highest BCUT2D eigenvalue weighted by atomic mass is 35.5. The first kappa shape index (κ1) is 19.2. The summed E-state index contributed by atoms with van der Waals surface area (Å²) >= 11 is 17.7. The van der Waals surface area contributed by atoms with Crippen LogP contribution in [-0.2, 0) is 4.74 Å². The van der Waals surface area contributed by atoms with Gasteiger partial charge < -0.3 is 14.8 Å². The molecule has 2 aromatic carbocycles. The van der Waals surface area contributed by atoms with Gasteiger partial charge in [0.05, 0.1) is 27.4 Å². The maximum Gasteiger partial charge on any atom is 0.257 e. The monoisotopic (exact) mass is 417 g/mol. The summed E-state index contributed by atoms with van der Waals surface area (Å²) in [7, 11) is 0. The van der Waals surface area contributed by atoms with Crippen molar-refractivity contribution in [2.75, 3.05) is 18.5 Å². The standard InChI is InChI=1S/C18H15Cl3FNO3/c19-10-3-4-17(26-9-11-2-1-5-25-11)16(6-10)23-18(24)12-7-15(22)14(21)8-13(12)20/h3-4,6-8,11H,1-2,5,9H2,(H,23,24). The van der Waals surface area contributed by atoms with Crippen molar-refractivity contribution in [2.45, 2.75) is 18.9 Å². The van der Waals surface area contributed by atoms with Gasteiger partial charge in [0.15, 0.2) is 0 Å². The minimum absolute atomic E-state index is 0.0223. The van der Waals surface area contributed by atoms with Gasteiger partial charge in [-0.25, -0.2) is 4.39 Å². The van der Waals surface area contributed by atoms with E-state index >= 15 is 0 Å². The van der Waals surface area contributed by atoms with E-state index in [-0.39, 0.29) is 21.7 Å². The second-order valence-corrected chi connectivity index (χ2v) is 7.04. The Morgan fingerprint density at radius 3 is 2.77 bits per heavy atom. The van der Waals surface area contributed by atoms with Gasteiger partial charge in [0.1, 0.15) is 18.2 Å². The molecule has 0 aromatic heterocycles. The molecule has 1 unspecified atom stereocenters. The second kappa shape index (κ2) is 8.44. The maximum absolute atomic E-state index is 13.7. The summed E-state index contributed by atoms with van der Waals surface area (Å²) in [5.41, 5.74) is 0.311. The average Bonchev–Trinajstić information content (AvgIpc) is 3.11. The Labute approximate surface area is 165 Å². The minimum atomic E-state index is -0.734. The van der Waals surface area contributed by atoms with Crippen molar-refractivity contribution >= 4 is 46.4 Å². The first-order valence-corrected chi connectivity index (χ1v) is 9.07. The van der Waals surface area contributed by atoms with Gasteiger partial charge in [0, 0.05) is 11.6 Å². The number of halogens is 4. The first-order valence-electron chi connectivity index (χ1n) is 7.94. The van der Waals surface area contributed by atoms with Gasteiger partial charge in [0.25, 0.3) is 5.91 Å². The molecule has 0 radical (unpaired) electrons. The molecule has 1 aliphatic rings. The lowest BCUT2D eigenvalue weighted by Gasteiger charge is -2.16. The number of benzene rings is 2. The van der Waals surface area contributed by atoms with Crippen LogP contribution in [-0.4, -0.2) is 25.2 Å². The lowest BCUT2D eigenvalue weighted by Crippen LogP contribution is -2.18. The van der Waals surface area contributed by atoms with E-state index in [1.807, 2.05) is 0 Å². The summed E-state index contributed by atoms with van der Waals surface area (Å²) in [6.45, 7) is 1.08. The van der Waals surface area contributed by atoms with Crippen molar-refractivity contribution in [1.29, 1.82) is 0 Å². The third-order valence-electron chi connectivity index (χ3n) is 3.89. The van der Waals surface area contributed by atoms with Crippen LogP contribution in [0.5, 0.6) is 5.75 Å². The average molecular weight is 419 g/mol. The predicted molar refractivity (Wildman–Crippen MR) is 100 cm³/mol. The lowest BCUT2D eigenvalue weighted by molar-refractivity contribution is 0.0682. The highest BCUT2D eigenvalue weighted by Crippen LogP contribution is 2.31. The van der Waals surface area contributed by atoms with Gasteiger partial charge in [-0.3, -0.25) is 4.79 Å². The molecule has 1 aliphatic heterocycles. The number of hydrogen-bond acceptors (Lipinski definition) is 3. The molecule has 1 amide bonds. The van der Waals surface area contributed by atoms with E-state index in [2.05, 4.69) is 5.32 Å². The number of nitrogens with one attached hydrogen (secondary N) is 1. The maximum atomic E-state index is 13.7. The normalized spacial score (nSPS) is 16.5. The van der Waals surface area contributed by atoms with Crippen molar-refractivity contribution in [3.05, 3.63) is 56.8 Å². The van der Waals surface area contributed by atoms with Crippen molar-refractivity contribution in [3.8, 4) is 5.75 Å². The molecule has 0 spiro atoms. The number of carbonyl (C=O) groups is 1. The molecule has 0 saturated carbocycles. The van der Waals surface area contributed by atoms with Crippen molar-refractivity contribution < 1.29 is 18.7 Å². The van der Waals surface area contributed by atoms with Crippen LogP contribution in [0.1, 0.15) is 23.2 Å². The number of rotatable bonds is 5. The Morgan fingerprint density at radius 1 is 1.23 bits per heavy atom. The van der Waals surface area contributed by atoms with Gasteiger partial charge in [0.2, 0.25) is 0 Å². The smallest absolute Gasteiger partial charge is 0.257 e. The summed E-state index contributed by atoms with van der Waals surface area (Å²) in [6, 6.07) is 7.01. The Hall–Kier alpha value is -1.53. The van der Waals surface area contributed by atoms with E-state index in [4.69, 9.17) is 44.3 Å². The predicted octanol–water partition coefficient (Wildman–Crippen LogP) is 5.60. The van der Waals surface area contributed by atoms with Crippen molar-refractivity contribution in [3.63, 3.8) is 0 Å². The molecule has 3 rings (SSSR count). The number of ether oxygens (including phenoxy) is 2. The summed E-state index contributed by atoms with van der Waals surface area (Å²) in [5.74, 6) is -0.902. The zero-order valence-electron chi connectivity index (χ0n) is 13.5. The Bertz CT molecular complexity index is 826. The quantitative estimate of drug-likeness (QED) is 0.643. The van der Waals surface area contributed by atoms with Crippen molar-refractivity contribution in [2.24, 2.45) is 0 Å². The molecule has 1 fully saturated rings. The molecule has 4 nitrogen and oxygen atoms in total. The number of amides is 1. The fourth-order valence-corrected chi connectivity index (χ4v) is 3.21. The highest BCUT2D eigenvalue weighted by molar-refractivity contribution is 6.37. The fourth-order valence-electron chi connectivity index (χ4n) is 2.57. The lowest BCUT2D eigenvalue weighted by atomic mass is 10.2. The van der Waals surface area contributed by atoms with Gasteiger partial charge in [-0.05, 0) is 43.2 Å². The molecule has 26 heavy (non-hydrogen) atoms. The molecule has 0 bridgehead atoms. The SMILES string of the molecule is O=C(Nc1cc(Cl)ccc1OCC1CCCO1)c1cc(F)c(Cl)cc1Cl. The Kier molecular flexibility index (Phi) is 6.24. The molecular formula is C18H15Cl3FNO3. The molecule has 1 heterocycles. The van der Waals surface area contributed by atoms with E-state index in [0.29, 0.717) is 23.1 Å². The molecule has 138 valence electrons. The topological polar surface area (TPSA) is 47.6 Å². The van der Waals surface area contributed by atoms with Crippen LogP contribution in [0.4, 0.5) is 10.1 Å². The summed E-state index contributed by atoms with van der Waals surface area (Å²) < 4.78 is 24.9. The summed E-state index contributed by atoms with van der Waals surface area (Å²) in [6.07, 6.45) is 1.95. The van der Waals surface area contributed by atoms with Crippen LogP contribution >= 0.6 is 34.8 Å². The van der Waals surface area contributed by atoms with Gasteiger partial charge in [-0.15, -0.1) is 0 Å². The zero-order valence-corrected chi connectivity index (χ0v) is 15.8. The van der Waals surface area contributed by atoms with Crippen LogP contribution < -0.4 is 10.1 Å². The van der Waals surface area contributed by atoms with E-state index in [9.17, 15) is 9.18 Å². The number of hydrogen-bond donors (Lipinski definition) is 1. The first-order chi connectivity index (χ1) is 12.4. The third-order valence-corrected chi connectivity index (χ3v) is 4.73. The van der Waals surface area contributed by atoms with Crippen molar-refractivity contribution in [1.82, 2.24) is 0 Å². The van der Waals surface area contributed by atoms with E-state index in [1.165, 1.54) is 6.07 Å². The largest absolute Gasteiger partial charge is 0.489 e. The molecule has 1 saturated heterocycles. The van der Waals surface area contributed by atoms with Crippen LogP contribution in [0.2, 0.25) is 15.1 Å².